The molecule has 4 heteroatoms. The number of amides is 1. The Morgan fingerprint density at radius 1 is 1.64 bits per heavy atom. The van der Waals surface area contributed by atoms with Gasteiger partial charge in [0.2, 0.25) is 5.91 Å². The predicted octanol–water partition coefficient (Wildman–Crippen LogP) is 2.50. The standard InChI is InChI=1S/C10H14BrNOS/c1-7(12-10(13)6-11)5-9-4-3-8(2)14-9/h3-4,7H,5-6H2,1-2H3,(H,12,13). The van der Waals surface area contributed by atoms with Gasteiger partial charge in [-0.15, -0.1) is 11.3 Å². The van der Waals surface area contributed by atoms with E-state index in [0.29, 0.717) is 5.33 Å². The fourth-order valence-electron chi connectivity index (χ4n) is 1.26. The summed E-state index contributed by atoms with van der Waals surface area (Å²) in [5, 5.41) is 3.28. The molecule has 0 radical (unpaired) electrons. The van der Waals surface area contributed by atoms with Gasteiger partial charge in [-0.1, -0.05) is 15.9 Å². The summed E-state index contributed by atoms with van der Waals surface area (Å²) in [6, 6.07) is 4.44. The van der Waals surface area contributed by atoms with Crippen LogP contribution < -0.4 is 5.32 Å². The van der Waals surface area contributed by atoms with E-state index in [2.05, 4.69) is 40.3 Å². The van der Waals surface area contributed by atoms with E-state index in [0.717, 1.165) is 6.42 Å². The summed E-state index contributed by atoms with van der Waals surface area (Å²) >= 11 is 4.91. The number of alkyl halides is 1. The van der Waals surface area contributed by atoms with Gasteiger partial charge >= 0.3 is 0 Å². The van der Waals surface area contributed by atoms with Crippen LogP contribution in [0.5, 0.6) is 0 Å². The molecule has 0 saturated carbocycles. The lowest BCUT2D eigenvalue weighted by Crippen LogP contribution is -2.34. The van der Waals surface area contributed by atoms with Crippen molar-refractivity contribution in [2.45, 2.75) is 26.3 Å². The molecule has 0 bridgehead atoms. The Morgan fingerprint density at radius 2 is 2.36 bits per heavy atom. The molecule has 2 nitrogen and oxygen atoms in total. The summed E-state index contributed by atoms with van der Waals surface area (Å²) in [6.45, 7) is 4.12. The highest BCUT2D eigenvalue weighted by molar-refractivity contribution is 9.09. The molecule has 1 heterocycles. The summed E-state index contributed by atoms with van der Waals surface area (Å²) < 4.78 is 0. The van der Waals surface area contributed by atoms with Gasteiger partial charge in [-0.05, 0) is 26.0 Å². The molecule has 1 amide bonds. The van der Waals surface area contributed by atoms with Gasteiger partial charge in [0.1, 0.15) is 0 Å². The zero-order valence-corrected chi connectivity index (χ0v) is 10.7. The molecule has 0 aliphatic rings. The lowest BCUT2D eigenvalue weighted by Gasteiger charge is -2.11. The first-order valence-electron chi connectivity index (χ1n) is 4.52. The van der Waals surface area contributed by atoms with Gasteiger partial charge in [-0.25, -0.2) is 0 Å². The number of thiophene rings is 1. The van der Waals surface area contributed by atoms with Gasteiger partial charge in [0, 0.05) is 22.2 Å². The van der Waals surface area contributed by atoms with Crippen LogP contribution >= 0.6 is 27.3 Å². The van der Waals surface area contributed by atoms with Crippen molar-refractivity contribution in [3.8, 4) is 0 Å². The molecule has 1 rings (SSSR count). The first-order valence-corrected chi connectivity index (χ1v) is 6.46. The van der Waals surface area contributed by atoms with Crippen molar-refractivity contribution in [3.05, 3.63) is 21.9 Å². The van der Waals surface area contributed by atoms with Crippen molar-refractivity contribution in [1.82, 2.24) is 5.32 Å². The van der Waals surface area contributed by atoms with Crippen molar-refractivity contribution in [1.29, 1.82) is 0 Å². The monoisotopic (exact) mass is 275 g/mol. The highest BCUT2D eigenvalue weighted by Crippen LogP contribution is 2.16. The van der Waals surface area contributed by atoms with E-state index in [1.165, 1.54) is 9.75 Å². The second-order valence-electron chi connectivity index (χ2n) is 3.32. The van der Waals surface area contributed by atoms with E-state index in [1.807, 2.05) is 6.92 Å². The van der Waals surface area contributed by atoms with Crippen LogP contribution in [0.4, 0.5) is 0 Å². The highest BCUT2D eigenvalue weighted by Gasteiger charge is 2.07. The third-order valence-corrected chi connectivity index (χ3v) is 3.36. The topological polar surface area (TPSA) is 29.1 Å². The van der Waals surface area contributed by atoms with Gasteiger partial charge in [0.05, 0.1) is 5.33 Å². The van der Waals surface area contributed by atoms with E-state index in [4.69, 9.17) is 0 Å². The van der Waals surface area contributed by atoms with Gasteiger partial charge in [0.25, 0.3) is 0 Å². The second kappa shape index (κ2) is 5.51. The Kier molecular flexibility index (Phi) is 4.62. The van der Waals surface area contributed by atoms with Crippen molar-refractivity contribution >= 4 is 33.2 Å². The van der Waals surface area contributed by atoms with Crippen molar-refractivity contribution in [2.24, 2.45) is 0 Å². The maximum atomic E-state index is 11.1. The molecule has 1 N–H and O–H groups in total. The summed E-state index contributed by atoms with van der Waals surface area (Å²) in [4.78, 5) is 13.7. The molecule has 0 aliphatic carbocycles. The molecule has 1 unspecified atom stereocenters. The molecule has 0 spiro atoms. The molecule has 1 aromatic heterocycles. The van der Waals surface area contributed by atoms with Crippen LogP contribution in [0.3, 0.4) is 0 Å². The minimum absolute atomic E-state index is 0.0470. The average Bonchev–Trinajstić information content (AvgIpc) is 2.50. The van der Waals surface area contributed by atoms with Crippen LogP contribution in [0.1, 0.15) is 16.7 Å². The van der Waals surface area contributed by atoms with Crippen molar-refractivity contribution in [3.63, 3.8) is 0 Å². The maximum absolute atomic E-state index is 11.1. The third-order valence-electron chi connectivity index (χ3n) is 1.83. The van der Waals surface area contributed by atoms with Gasteiger partial charge in [-0.3, -0.25) is 4.79 Å². The fraction of sp³-hybridized carbons (Fsp3) is 0.500. The summed E-state index contributed by atoms with van der Waals surface area (Å²) in [5.41, 5.74) is 0. The molecule has 1 aromatic rings. The van der Waals surface area contributed by atoms with Crippen LogP contribution in [0.15, 0.2) is 12.1 Å². The number of halogens is 1. The smallest absolute Gasteiger partial charge is 0.230 e. The third kappa shape index (κ3) is 3.80. The Morgan fingerprint density at radius 3 is 2.86 bits per heavy atom. The maximum Gasteiger partial charge on any atom is 0.230 e. The van der Waals surface area contributed by atoms with E-state index in [-0.39, 0.29) is 11.9 Å². The average molecular weight is 276 g/mol. The Hall–Kier alpha value is -0.350. The largest absolute Gasteiger partial charge is 0.353 e. The molecule has 0 aromatic carbocycles. The molecular weight excluding hydrogens is 262 g/mol. The predicted molar refractivity (Wildman–Crippen MR) is 64.2 cm³/mol. The number of hydrogen-bond acceptors (Lipinski definition) is 2. The summed E-state index contributed by atoms with van der Waals surface area (Å²) in [7, 11) is 0. The van der Waals surface area contributed by atoms with Crippen LogP contribution in [-0.2, 0) is 11.2 Å². The zero-order valence-electron chi connectivity index (χ0n) is 8.34. The number of rotatable bonds is 4. The van der Waals surface area contributed by atoms with Crippen LogP contribution in [0.2, 0.25) is 0 Å². The normalized spacial score (nSPS) is 12.5. The number of aryl methyl sites for hydroxylation is 1. The Bertz CT molecular complexity index is 311. The zero-order chi connectivity index (χ0) is 10.6. The summed E-state index contributed by atoms with van der Waals surface area (Å²) in [6.07, 6.45) is 0.914. The first kappa shape index (κ1) is 11.7. The highest BCUT2D eigenvalue weighted by atomic mass is 79.9. The molecule has 78 valence electrons. The lowest BCUT2D eigenvalue weighted by molar-refractivity contribution is -0.119. The Balaban J connectivity index is 2.41. The minimum Gasteiger partial charge on any atom is -0.353 e. The van der Waals surface area contributed by atoms with Crippen molar-refractivity contribution in [2.75, 3.05) is 5.33 Å². The lowest BCUT2D eigenvalue weighted by atomic mass is 10.2. The quantitative estimate of drug-likeness (QED) is 0.841. The van der Waals surface area contributed by atoms with Crippen LogP contribution in [0.25, 0.3) is 0 Å². The first-order chi connectivity index (χ1) is 6.61. The molecule has 0 aliphatic heterocycles. The fourth-order valence-corrected chi connectivity index (χ4v) is 2.44. The van der Waals surface area contributed by atoms with Crippen molar-refractivity contribution < 1.29 is 4.79 Å². The van der Waals surface area contributed by atoms with E-state index < -0.39 is 0 Å². The molecule has 1 atom stereocenters. The molecule has 0 fully saturated rings. The number of hydrogen-bond donors (Lipinski definition) is 1. The van der Waals surface area contributed by atoms with E-state index in [1.54, 1.807) is 11.3 Å². The second-order valence-corrected chi connectivity index (χ2v) is 5.25. The van der Waals surface area contributed by atoms with E-state index >= 15 is 0 Å². The molecular formula is C10H14BrNOS. The van der Waals surface area contributed by atoms with Gasteiger partial charge in [-0.2, -0.15) is 0 Å². The Labute approximate surface area is 96.8 Å². The minimum atomic E-state index is 0.0470. The SMILES string of the molecule is Cc1ccc(CC(C)NC(=O)CBr)s1. The number of carbonyl (C=O) groups excluding carboxylic acids is 1. The van der Waals surface area contributed by atoms with Crippen LogP contribution in [0, 0.1) is 6.92 Å². The van der Waals surface area contributed by atoms with Crippen LogP contribution in [-0.4, -0.2) is 17.3 Å². The molecule has 14 heavy (non-hydrogen) atoms. The number of nitrogens with one attached hydrogen (secondary N) is 1. The molecule has 0 saturated heterocycles. The van der Waals surface area contributed by atoms with Gasteiger partial charge < -0.3 is 5.32 Å². The summed E-state index contributed by atoms with van der Waals surface area (Å²) in [5.74, 6) is 0.0470. The van der Waals surface area contributed by atoms with E-state index in [9.17, 15) is 4.79 Å². The van der Waals surface area contributed by atoms with Gasteiger partial charge in [0.15, 0.2) is 0 Å². The number of carbonyl (C=O) groups is 1.